The van der Waals surface area contributed by atoms with Gasteiger partial charge in [-0.1, -0.05) is 11.6 Å². The number of rotatable bonds is 4. The molecule has 0 atom stereocenters. The average molecular weight is 256 g/mol. The Morgan fingerprint density at radius 2 is 1.94 bits per heavy atom. The molecule has 1 aromatic carbocycles. The molecule has 0 saturated carbocycles. The summed E-state index contributed by atoms with van der Waals surface area (Å²) in [6, 6.07) is 3.96. The lowest BCUT2D eigenvalue weighted by Gasteiger charge is -2.08. The molecule has 0 unspecified atom stereocenters. The molecule has 0 heterocycles. The molecule has 0 aliphatic rings. The van der Waals surface area contributed by atoms with Crippen LogP contribution in [0, 0.1) is 5.82 Å². The first-order valence-electron chi connectivity index (χ1n) is 4.60. The second-order valence-corrected chi connectivity index (χ2v) is 3.71. The summed E-state index contributed by atoms with van der Waals surface area (Å²) >= 11 is 5.63. The van der Waals surface area contributed by atoms with E-state index in [2.05, 4.69) is 5.32 Å². The highest BCUT2D eigenvalue weighted by Crippen LogP contribution is 2.18. The van der Waals surface area contributed by atoms with E-state index >= 15 is 0 Å². The van der Waals surface area contributed by atoms with E-state index in [1.54, 1.807) is 0 Å². The average Bonchev–Trinajstić information content (AvgIpc) is 2.16. The van der Waals surface area contributed by atoms with Crippen LogP contribution in [-0.4, -0.2) is 12.7 Å². The lowest BCUT2D eigenvalue weighted by Crippen LogP contribution is -2.21. The van der Waals surface area contributed by atoms with Gasteiger partial charge in [-0.3, -0.25) is 0 Å². The summed E-state index contributed by atoms with van der Waals surface area (Å²) in [7, 11) is 0. The minimum absolute atomic E-state index is 0.0302. The minimum Gasteiger partial charge on any atom is -0.312 e. The van der Waals surface area contributed by atoms with E-state index in [4.69, 9.17) is 11.6 Å². The van der Waals surface area contributed by atoms with Crippen molar-refractivity contribution in [3.05, 3.63) is 34.6 Å². The van der Waals surface area contributed by atoms with Gasteiger partial charge in [0.25, 0.3) is 0 Å². The van der Waals surface area contributed by atoms with Crippen molar-refractivity contribution in [2.24, 2.45) is 0 Å². The molecule has 0 spiro atoms. The van der Waals surface area contributed by atoms with Gasteiger partial charge in [-0.25, -0.2) is 4.39 Å². The standard InChI is InChI=1S/C10H10ClF4N/c11-8-1-2-9(12)7(5-8)6-16-4-3-10(13,14)15/h1-2,5,16H,3-4,6H2. The molecule has 16 heavy (non-hydrogen) atoms. The molecule has 1 N–H and O–H groups in total. The Balaban J connectivity index is 2.40. The van der Waals surface area contributed by atoms with E-state index in [0.29, 0.717) is 5.02 Å². The van der Waals surface area contributed by atoms with Crippen LogP contribution in [-0.2, 0) is 6.54 Å². The molecular formula is C10H10ClF4N. The zero-order chi connectivity index (χ0) is 12.2. The van der Waals surface area contributed by atoms with E-state index in [-0.39, 0.29) is 18.7 Å². The van der Waals surface area contributed by atoms with Crippen LogP contribution in [0.3, 0.4) is 0 Å². The van der Waals surface area contributed by atoms with Crippen molar-refractivity contribution in [2.75, 3.05) is 6.54 Å². The molecule has 6 heteroatoms. The summed E-state index contributed by atoms with van der Waals surface area (Å²) < 4.78 is 48.5. The van der Waals surface area contributed by atoms with Crippen LogP contribution < -0.4 is 5.32 Å². The smallest absolute Gasteiger partial charge is 0.312 e. The van der Waals surface area contributed by atoms with Gasteiger partial charge in [-0.15, -0.1) is 0 Å². The van der Waals surface area contributed by atoms with Gasteiger partial charge >= 0.3 is 6.18 Å². The van der Waals surface area contributed by atoms with E-state index in [1.807, 2.05) is 0 Å². The normalized spacial score (nSPS) is 11.8. The summed E-state index contributed by atoms with van der Waals surface area (Å²) in [5, 5.41) is 2.86. The molecule has 0 amide bonds. The Labute approximate surface area is 95.4 Å². The van der Waals surface area contributed by atoms with Gasteiger partial charge in [0.05, 0.1) is 6.42 Å². The van der Waals surface area contributed by atoms with Crippen LogP contribution in [0.1, 0.15) is 12.0 Å². The highest BCUT2D eigenvalue weighted by Gasteiger charge is 2.25. The first-order chi connectivity index (χ1) is 7.38. The SMILES string of the molecule is Fc1ccc(Cl)cc1CNCCC(F)(F)F. The number of alkyl halides is 3. The van der Waals surface area contributed by atoms with Crippen molar-refractivity contribution in [3.63, 3.8) is 0 Å². The predicted molar refractivity (Wildman–Crippen MR) is 53.8 cm³/mol. The highest BCUT2D eigenvalue weighted by molar-refractivity contribution is 6.30. The lowest BCUT2D eigenvalue weighted by atomic mass is 10.2. The fourth-order valence-corrected chi connectivity index (χ4v) is 1.33. The zero-order valence-electron chi connectivity index (χ0n) is 8.24. The molecule has 90 valence electrons. The van der Waals surface area contributed by atoms with Gasteiger partial charge in [-0.05, 0) is 18.2 Å². The number of hydrogen-bond donors (Lipinski definition) is 1. The largest absolute Gasteiger partial charge is 0.390 e. The van der Waals surface area contributed by atoms with E-state index < -0.39 is 18.4 Å². The topological polar surface area (TPSA) is 12.0 Å². The van der Waals surface area contributed by atoms with Crippen LogP contribution in [0.4, 0.5) is 17.6 Å². The maximum Gasteiger partial charge on any atom is 0.390 e. The van der Waals surface area contributed by atoms with Gasteiger partial charge in [-0.2, -0.15) is 13.2 Å². The Bertz CT molecular complexity index is 351. The van der Waals surface area contributed by atoms with Gasteiger partial charge in [0.2, 0.25) is 0 Å². The molecule has 1 aromatic rings. The van der Waals surface area contributed by atoms with E-state index in [9.17, 15) is 17.6 Å². The Kier molecular flexibility index (Phi) is 4.56. The third-order valence-corrected chi connectivity index (χ3v) is 2.14. The summed E-state index contributed by atoms with van der Waals surface area (Å²) in [6.07, 6.45) is -5.13. The summed E-state index contributed by atoms with van der Waals surface area (Å²) in [4.78, 5) is 0. The quantitative estimate of drug-likeness (QED) is 0.641. The Morgan fingerprint density at radius 1 is 1.25 bits per heavy atom. The van der Waals surface area contributed by atoms with E-state index in [1.165, 1.54) is 18.2 Å². The molecule has 0 radical (unpaired) electrons. The second-order valence-electron chi connectivity index (χ2n) is 3.28. The van der Waals surface area contributed by atoms with E-state index in [0.717, 1.165) is 0 Å². The predicted octanol–water partition coefficient (Wildman–Crippen LogP) is 3.52. The maximum atomic E-state index is 13.1. The second kappa shape index (κ2) is 5.50. The zero-order valence-corrected chi connectivity index (χ0v) is 9.00. The van der Waals surface area contributed by atoms with Crippen molar-refractivity contribution in [1.82, 2.24) is 5.32 Å². The van der Waals surface area contributed by atoms with Crippen molar-refractivity contribution in [3.8, 4) is 0 Å². The Morgan fingerprint density at radius 3 is 2.56 bits per heavy atom. The summed E-state index contributed by atoms with van der Waals surface area (Å²) in [5.74, 6) is -0.482. The molecule has 1 rings (SSSR count). The third-order valence-electron chi connectivity index (χ3n) is 1.91. The van der Waals surface area contributed by atoms with Crippen LogP contribution in [0.25, 0.3) is 0 Å². The number of benzene rings is 1. The van der Waals surface area contributed by atoms with Crippen molar-refractivity contribution < 1.29 is 17.6 Å². The molecule has 0 bridgehead atoms. The molecule has 0 aromatic heterocycles. The minimum atomic E-state index is -4.19. The fraction of sp³-hybridized carbons (Fsp3) is 0.400. The van der Waals surface area contributed by atoms with Crippen LogP contribution in [0.2, 0.25) is 5.02 Å². The van der Waals surface area contributed by atoms with Crippen LogP contribution in [0.15, 0.2) is 18.2 Å². The monoisotopic (exact) mass is 255 g/mol. The molecule has 0 aliphatic heterocycles. The molecule has 0 saturated heterocycles. The van der Waals surface area contributed by atoms with Crippen molar-refractivity contribution in [2.45, 2.75) is 19.1 Å². The van der Waals surface area contributed by atoms with Gasteiger partial charge in [0, 0.05) is 23.7 Å². The maximum absolute atomic E-state index is 13.1. The fourth-order valence-electron chi connectivity index (χ4n) is 1.13. The highest BCUT2D eigenvalue weighted by atomic mass is 35.5. The lowest BCUT2D eigenvalue weighted by molar-refractivity contribution is -0.133. The van der Waals surface area contributed by atoms with Crippen molar-refractivity contribution in [1.29, 1.82) is 0 Å². The summed E-state index contributed by atoms with van der Waals surface area (Å²) in [5.41, 5.74) is 0.259. The third kappa shape index (κ3) is 4.81. The first kappa shape index (κ1) is 13.3. The molecule has 1 nitrogen and oxygen atoms in total. The molecular weight excluding hydrogens is 246 g/mol. The molecule has 0 aliphatic carbocycles. The number of nitrogens with one attached hydrogen (secondary N) is 1. The van der Waals surface area contributed by atoms with Crippen molar-refractivity contribution >= 4 is 11.6 Å². The van der Waals surface area contributed by atoms with Gasteiger partial charge < -0.3 is 5.32 Å². The van der Waals surface area contributed by atoms with Crippen LogP contribution >= 0.6 is 11.6 Å². The van der Waals surface area contributed by atoms with Gasteiger partial charge in [0.1, 0.15) is 5.82 Å². The van der Waals surface area contributed by atoms with Crippen LogP contribution in [0.5, 0.6) is 0 Å². The first-order valence-corrected chi connectivity index (χ1v) is 4.98. The number of hydrogen-bond acceptors (Lipinski definition) is 1. The van der Waals surface area contributed by atoms with Gasteiger partial charge in [0.15, 0.2) is 0 Å². The molecule has 0 fully saturated rings. The summed E-state index contributed by atoms with van der Waals surface area (Å²) in [6.45, 7) is -0.210. The number of halogens is 5. The Hall–Kier alpha value is -0.810.